The fraction of sp³-hybridized carbons (Fsp3) is 0.833. The van der Waals surface area contributed by atoms with Gasteiger partial charge in [0.2, 0.25) is 5.91 Å². The van der Waals surface area contributed by atoms with Gasteiger partial charge in [0.25, 0.3) is 0 Å². The van der Waals surface area contributed by atoms with Crippen molar-refractivity contribution >= 4 is 5.91 Å². The van der Waals surface area contributed by atoms with E-state index < -0.39 is 0 Å². The maximum absolute atomic E-state index is 11.1. The third-order valence-electron chi connectivity index (χ3n) is 3.40. The topological polar surface area (TPSA) is 70.1 Å². The summed E-state index contributed by atoms with van der Waals surface area (Å²) in [5, 5.41) is 8.80. The van der Waals surface area contributed by atoms with Crippen LogP contribution >= 0.6 is 0 Å². The summed E-state index contributed by atoms with van der Waals surface area (Å²) in [5.41, 5.74) is 5.29. The number of rotatable bonds is 6. The van der Waals surface area contributed by atoms with Crippen molar-refractivity contribution in [2.45, 2.75) is 57.5 Å². The Balaban J connectivity index is 2.67. The Morgan fingerprint density at radius 1 is 1.56 bits per heavy atom. The summed E-state index contributed by atoms with van der Waals surface area (Å²) in [6, 6.07) is 2.83. The van der Waals surface area contributed by atoms with Crippen LogP contribution in [0.15, 0.2) is 0 Å². The first-order valence-electron chi connectivity index (χ1n) is 6.10. The van der Waals surface area contributed by atoms with Gasteiger partial charge in [0, 0.05) is 12.1 Å². The zero-order valence-corrected chi connectivity index (χ0v) is 9.98. The average molecular weight is 223 g/mol. The van der Waals surface area contributed by atoms with Crippen LogP contribution in [0.3, 0.4) is 0 Å². The summed E-state index contributed by atoms with van der Waals surface area (Å²) >= 11 is 0. The first-order valence-corrected chi connectivity index (χ1v) is 6.10. The van der Waals surface area contributed by atoms with Crippen LogP contribution in [0, 0.1) is 11.3 Å². The van der Waals surface area contributed by atoms with Gasteiger partial charge >= 0.3 is 0 Å². The Bertz CT molecular complexity index is 266. The van der Waals surface area contributed by atoms with Gasteiger partial charge in [-0.15, -0.1) is 0 Å². The number of amides is 1. The van der Waals surface area contributed by atoms with Crippen molar-refractivity contribution in [3.63, 3.8) is 0 Å². The van der Waals surface area contributed by atoms with Crippen LogP contribution in [0.5, 0.6) is 0 Å². The number of nitriles is 1. The molecule has 1 aliphatic rings. The van der Waals surface area contributed by atoms with Gasteiger partial charge in [0.1, 0.15) is 0 Å². The molecule has 0 heterocycles. The van der Waals surface area contributed by atoms with Crippen molar-refractivity contribution in [2.75, 3.05) is 6.54 Å². The molecule has 1 atom stereocenters. The molecule has 2 N–H and O–H groups in total. The Morgan fingerprint density at radius 2 is 2.19 bits per heavy atom. The highest BCUT2D eigenvalue weighted by atomic mass is 16.1. The summed E-state index contributed by atoms with van der Waals surface area (Å²) in [6.45, 7) is 2.36. The molecule has 1 saturated carbocycles. The normalized spacial score (nSPS) is 18.6. The van der Waals surface area contributed by atoms with E-state index >= 15 is 0 Å². The molecule has 0 saturated heterocycles. The van der Waals surface area contributed by atoms with Gasteiger partial charge in [-0.25, -0.2) is 0 Å². The Labute approximate surface area is 97.4 Å². The molecule has 4 heteroatoms. The fourth-order valence-corrected chi connectivity index (χ4v) is 2.57. The number of primary amides is 1. The number of nitrogens with two attached hydrogens (primary N) is 1. The summed E-state index contributed by atoms with van der Waals surface area (Å²) in [4.78, 5) is 13.2. The molecule has 16 heavy (non-hydrogen) atoms. The molecule has 0 radical (unpaired) electrons. The van der Waals surface area contributed by atoms with Crippen LogP contribution in [-0.4, -0.2) is 29.4 Å². The van der Waals surface area contributed by atoms with E-state index in [4.69, 9.17) is 11.0 Å². The van der Waals surface area contributed by atoms with Gasteiger partial charge in [0.15, 0.2) is 0 Å². The smallest absolute Gasteiger partial charge is 0.231 e. The van der Waals surface area contributed by atoms with E-state index in [1.54, 1.807) is 0 Å². The number of carbonyl (C=O) groups excluding carboxylic acids is 1. The summed E-state index contributed by atoms with van der Waals surface area (Å²) < 4.78 is 0. The molecule has 0 aliphatic heterocycles. The number of hydrogen-bond donors (Lipinski definition) is 1. The lowest BCUT2D eigenvalue weighted by atomic mass is 10.1. The van der Waals surface area contributed by atoms with Crippen LogP contribution in [0.1, 0.15) is 45.4 Å². The maximum atomic E-state index is 11.1. The van der Waals surface area contributed by atoms with Crippen LogP contribution in [-0.2, 0) is 4.79 Å². The minimum atomic E-state index is -0.289. The van der Waals surface area contributed by atoms with Crippen molar-refractivity contribution in [1.82, 2.24) is 4.90 Å². The summed E-state index contributed by atoms with van der Waals surface area (Å²) in [5.74, 6) is -0.289. The van der Waals surface area contributed by atoms with E-state index in [9.17, 15) is 4.79 Å². The minimum Gasteiger partial charge on any atom is -0.369 e. The average Bonchev–Trinajstić information content (AvgIpc) is 2.76. The van der Waals surface area contributed by atoms with Crippen molar-refractivity contribution in [3.8, 4) is 6.07 Å². The molecule has 0 aromatic carbocycles. The third-order valence-corrected chi connectivity index (χ3v) is 3.40. The van der Waals surface area contributed by atoms with E-state index in [1.807, 2.05) is 0 Å². The highest BCUT2D eigenvalue weighted by molar-refractivity contribution is 5.76. The molecular formula is C12H21N3O. The number of carbonyl (C=O) groups is 1. The van der Waals surface area contributed by atoms with Crippen molar-refractivity contribution in [2.24, 2.45) is 5.73 Å². The number of nitrogens with zero attached hydrogens (tertiary/aromatic N) is 2. The van der Waals surface area contributed by atoms with Gasteiger partial charge in [-0.1, -0.05) is 19.8 Å². The molecule has 0 aromatic heterocycles. The molecular weight excluding hydrogens is 202 g/mol. The lowest BCUT2D eigenvalue weighted by Crippen LogP contribution is -2.46. The quantitative estimate of drug-likeness (QED) is 0.740. The molecule has 90 valence electrons. The summed E-state index contributed by atoms with van der Waals surface area (Å²) in [6.07, 6.45) is 6.11. The Hall–Kier alpha value is -1.08. The van der Waals surface area contributed by atoms with E-state index in [0.717, 1.165) is 19.3 Å². The first kappa shape index (κ1) is 13.0. The van der Waals surface area contributed by atoms with Crippen molar-refractivity contribution in [1.29, 1.82) is 5.26 Å². The van der Waals surface area contributed by atoms with Gasteiger partial charge in [-0.3, -0.25) is 9.69 Å². The van der Waals surface area contributed by atoms with Crippen LogP contribution in [0.25, 0.3) is 0 Å². The highest BCUT2D eigenvalue weighted by Gasteiger charge is 2.28. The molecule has 1 amide bonds. The van der Waals surface area contributed by atoms with Crippen molar-refractivity contribution in [3.05, 3.63) is 0 Å². The first-order chi connectivity index (χ1) is 7.69. The fourth-order valence-electron chi connectivity index (χ4n) is 2.57. The highest BCUT2D eigenvalue weighted by Crippen LogP contribution is 2.26. The van der Waals surface area contributed by atoms with E-state index in [-0.39, 0.29) is 11.9 Å². The monoisotopic (exact) mass is 223 g/mol. The second-order valence-electron chi connectivity index (χ2n) is 4.50. The van der Waals surface area contributed by atoms with Crippen LogP contribution < -0.4 is 5.73 Å². The molecule has 1 rings (SSSR count). The predicted molar refractivity (Wildman–Crippen MR) is 62.5 cm³/mol. The third kappa shape index (κ3) is 3.49. The van der Waals surface area contributed by atoms with Gasteiger partial charge in [0.05, 0.1) is 19.0 Å². The van der Waals surface area contributed by atoms with Crippen LogP contribution in [0.2, 0.25) is 0 Å². The predicted octanol–water partition coefficient (Wildman–Crippen LogP) is 1.41. The molecule has 0 aromatic rings. The lowest BCUT2D eigenvalue weighted by Gasteiger charge is -2.33. The molecule has 1 fully saturated rings. The zero-order valence-electron chi connectivity index (χ0n) is 9.98. The molecule has 4 nitrogen and oxygen atoms in total. The van der Waals surface area contributed by atoms with E-state index in [1.165, 1.54) is 12.8 Å². The van der Waals surface area contributed by atoms with Crippen LogP contribution in [0.4, 0.5) is 0 Å². The standard InChI is InChI=1S/C12H21N3O/c1-2-10(7-8-13)15(9-12(14)16)11-5-3-4-6-11/h10-11H,2-7,9H2,1H3,(H2,14,16). The van der Waals surface area contributed by atoms with E-state index in [2.05, 4.69) is 17.9 Å². The SMILES string of the molecule is CCC(CC#N)N(CC(N)=O)C1CCCC1. The van der Waals surface area contributed by atoms with Gasteiger partial charge in [-0.05, 0) is 19.3 Å². The largest absolute Gasteiger partial charge is 0.369 e. The second kappa shape index (κ2) is 6.49. The number of hydrogen-bond acceptors (Lipinski definition) is 3. The minimum absolute atomic E-state index is 0.181. The summed E-state index contributed by atoms with van der Waals surface area (Å²) in [7, 11) is 0. The lowest BCUT2D eigenvalue weighted by molar-refractivity contribution is -0.120. The Morgan fingerprint density at radius 3 is 2.62 bits per heavy atom. The van der Waals surface area contributed by atoms with E-state index in [0.29, 0.717) is 19.0 Å². The van der Waals surface area contributed by atoms with Crippen molar-refractivity contribution < 1.29 is 4.79 Å². The zero-order chi connectivity index (χ0) is 12.0. The second-order valence-corrected chi connectivity index (χ2v) is 4.50. The van der Waals surface area contributed by atoms with Gasteiger partial charge < -0.3 is 5.73 Å². The van der Waals surface area contributed by atoms with Gasteiger partial charge in [-0.2, -0.15) is 5.26 Å². The molecule has 1 aliphatic carbocycles. The molecule has 1 unspecified atom stereocenters. The molecule has 0 bridgehead atoms. The molecule has 0 spiro atoms. The Kier molecular flexibility index (Phi) is 5.27. The maximum Gasteiger partial charge on any atom is 0.231 e.